The van der Waals surface area contributed by atoms with E-state index >= 15 is 0 Å². The molecule has 3 aromatic rings. The van der Waals surface area contributed by atoms with E-state index in [9.17, 15) is 4.79 Å². The van der Waals surface area contributed by atoms with Crippen molar-refractivity contribution in [2.24, 2.45) is 0 Å². The van der Waals surface area contributed by atoms with Gasteiger partial charge >= 0.3 is 5.97 Å². The fourth-order valence-electron chi connectivity index (χ4n) is 3.01. The quantitative estimate of drug-likeness (QED) is 0.275. The van der Waals surface area contributed by atoms with Gasteiger partial charge in [0.25, 0.3) is 0 Å². The molecular formula is C26H24O3. The fourth-order valence-corrected chi connectivity index (χ4v) is 3.01. The molecule has 0 aliphatic rings. The topological polar surface area (TPSA) is 35.5 Å². The Morgan fingerprint density at radius 2 is 1.31 bits per heavy atom. The molecule has 0 bridgehead atoms. The molecule has 3 rings (SSSR count). The third-order valence-electron chi connectivity index (χ3n) is 4.63. The number of esters is 1. The number of carbonyl (C=O) groups excluding carboxylic acids is 1. The molecule has 29 heavy (non-hydrogen) atoms. The van der Waals surface area contributed by atoms with Crippen molar-refractivity contribution in [3.05, 3.63) is 91.0 Å². The zero-order valence-electron chi connectivity index (χ0n) is 17.0. The molecule has 0 aliphatic heterocycles. The van der Waals surface area contributed by atoms with E-state index in [0.29, 0.717) is 11.3 Å². The van der Waals surface area contributed by atoms with E-state index < -0.39 is 5.97 Å². The van der Waals surface area contributed by atoms with Crippen molar-refractivity contribution in [1.82, 2.24) is 0 Å². The third kappa shape index (κ3) is 4.64. The number of hydrogen-bond donors (Lipinski definition) is 0. The highest BCUT2D eigenvalue weighted by atomic mass is 16.5. The summed E-state index contributed by atoms with van der Waals surface area (Å²) >= 11 is 0. The standard InChI is InChI=1S/C26H24O3/c1-17(2)25-16-21(19-6-11-22(28-5)12-7-19)10-15-24(25)20-8-13-23(14-9-20)29-26(27)18(3)4/h6-16H,1,3H2,2,4-5H3. The Hall–Kier alpha value is -3.59. The van der Waals surface area contributed by atoms with Gasteiger partial charge in [-0.1, -0.05) is 55.1 Å². The first-order valence-corrected chi connectivity index (χ1v) is 9.31. The summed E-state index contributed by atoms with van der Waals surface area (Å²) in [5.41, 5.74) is 6.75. The number of hydrogen-bond acceptors (Lipinski definition) is 3. The van der Waals surface area contributed by atoms with Gasteiger partial charge in [0.2, 0.25) is 0 Å². The number of rotatable bonds is 6. The van der Waals surface area contributed by atoms with E-state index in [2.05, 4.69) is 31.4 Å². The maximum Gasteiger partial charge on any atom is 0.338 e. The normalized spacial score (nSPS) is 10.3. The zero-order chi connectivity index (χ0) is 21.0. The molecule has 0 aromatic heterocycles. The van der Waals surface area contributed by atoms with Crippen LogP contribution in [-0.2, 0) is 4.79 Å². The van der Waals surface area contributed by atoms with E-state index in [1.807, 2.05) is 43.3 Å². The maximum absolute atomic E-state index is 11.7. The third-order valence-corrected chi connectivity index (χ3v) is 4.63. The molecule has 146 valence electrons. The second-order valence-electron chi connectivity index (χ2n) is 6.96. The monoisotopic (exact) mass is 384 g/mol. The van der Waals surface area contributed by atoms with E-state index in [0.717, 1.165) is 39.1 Å². The van der Waals surface area contributed by atoms with Crippen LogP contribution in [0.4, 0.5) is 0 Å². The van der Waals surface area contributed by atoms with E-state index in [-0.39, 0.29) is 0 Å². The van der Waals surface area contributed by atoms with Crippen molar-refractivity contribution in [3.63, 3.8) is 0 Å². The molecule has 0 amide bonds. The van der Waals surface area contributed by atoms with Crippen LogP contribution in [0.5, 0.6) is 11.5 Å². The minimum absolute atomic E-state index is 0.368. The van der Waals surface area contributed by atoms with Crippen LogP contribution < -0.4 is 9.47 Å². The molecule has 0 unspecified atom stereocenters. The van der Waals surface area contributed by atoms with Crippen molar-refractivity contribution in [2.45, 2.75) is 13.8 Å². The van der Waals surface area contributed by atoms with Gasteiger partial charge in [0.05, 0.1) is 7.11 Å². The van der Waals surface area contributed by atoms with Crippen LogP contribution >= 0.6 is 0 Å². The van der Waals surface area contributed by atoms with Crippen LogP contribution in [-0.4, -0.2) is 13.1 Å². The summed E-state index contributed by atoms with van der Waals surface area (Å²) in [5, 5.41) is 0. The van der Waals surface area contributed by atoms with Gasteiger partial charge in [-0.25, -0.2) is 4.79 Å². The molecule has 3 nitrogen and oxygen atoms in total. The van der Waals surface area contributed by atoms with Crippen LogP contribution in [0, 0.1) is 0 Å². The second-order valence-corrected chi connectivity index (χ2v) is 6.96. The van der Waals surface area contributed by atoms with E-state index in [4.69, 9.17) is 9.47 Å². The largest absolute Gasteiger partial charge is 0.497 e. The van der Waals surface area contributed by atoms with Crippen LogP contribution in [0.2, 0.25) is 0 Å². The molecule has 3 aromatic carbocycles. The molecule has 0 atom stereocenters. The summed E-state index contributed by atoms with van der Waals surface area (Å²) in [6.07, 6.45) is 0. The predicted octanol–water partition coefficient (Wildman–Crippen LogP) is 6.54. The first-order valence-electron chi connectivity index (χ1n) is 9.31. The Bertz CT molecular complexity index is 1060. The van der Waals surface area contributed by atoms with Gasteiger partial charge in [-0.05, 0) is 72.0 Å². The van der Waals surface area contributed by atoms with E-state index in [1.165, 1.54) is 0 Å². The van der Waals surface area contributed by atoms with Gasteiger partial charge in [-0.2, -0.15) is 0 Å². The van der Waals surface area contributed by atoms with Crippen LogP contribution in [0.15, 0.2) is 85.5 Å². The highest BCUT2D eigenvalue weighted by Crippen LogP contribution is 2.33. The number of allylic oxidation sites excluding steroid dienone is 1. The van der Waals surface area contributed by atoms with Crippen LogP contribution in [0.1, 0.15) is 19.4 Å². The van der Waals surface area contributed by atoms with Crippen LogP contribution in [0.25, 0.3) is 27.8 Å². The Morgan fingerprint density at radius 3 is 1.86 bits per heavy atom. The average Bonchev–Trinajstić information content (AvgIpc) is 2.74. The second kappa shape index (κ2) is 8.61. The Kier molecular flexibility index (Phi) is 5.99. The maximum atomic E-state index is 11.7. The van der Waals surface area contributed by atoms with Gasteiger partial charge in [0.1, 0.15) is 11.5 Å². The molecule has 0 fully saturated rings. The molecule has 0 N–H and O–H groups in total. The molecule has 0 spiro atoms. The highest BCUT2D eigenvalue weighted by Gasteiger charge is 2.10. The molecular weight excluding hydrogens is 360 g/mol. The summed E-state index contributed by atoms with van der Waals surface area (Å²) in [6, 6.07) is 21.8. The molecule has 3 heteroatoms. The Balaban J connectivity index is 1.93. The van der Waals surface area contributed by atoms with Gasteiger partial charge in [0.15, 0.2) is 0 Å². The average molecular weight is 384 g/mol. The van der Waals surface area contributed by atoms with Crippen LogP contribution in [0.3, 0.4) is 0 Å². The lowest BCUT2D eigenvalue weighted by Gasteiger charge is -2.13. The molecule has 0 aliphatic carbocycles. The lowest BCUT2D eigenvalue weighted by molar-refractivity contribution is -0.130. The minimum atomic E-state index is -0.427. The SMILES string of the molecule is C=C(C)C(=O)Oc1ccc(-c2ccc(-c3ccc(OC)cc3)cc2C(=C)C)cc1. The van der Waals surface area contributed by atoms with Crippen molar-refractivity contribution in [3.8, 4) is 33.8 Å². The number of ether oxygens (including phenoxy) is 2. The Labute approximate surface area is 171 Å². The summed E-state index contributed by atoms with van der Waals surface area (Å²) in [5.74, 6) is 0.899. The number of carbonyl (C=O) groups is 1. The van der Waals surface area contributed by atoms with Crippen molar-refractivity contribution in [2.75, 3.05) is 7.11 Å². The number of benzene rings is 3. The summed E-state index contributed by atoms with van der Waals surface area (Å²) in [4.78, 5) is 11.7. The van der Waals surface area contributed by atoms with Gasteiger partial charge in [0, 0.05) is 5.57 Å². The first-order chi connectivity index (χ1) is 13.9. The molecule has 0 saturated heterocycles. The predicted molar refractivity (Wildman–Crippen MR) is 119 cm³/mol. The number of methoxy groups -OCH3 is 1. The minimum Gasteiger partial charge on any atom is -0.497 e. The van der Waals surface area contributed by atoms with Gasteiger partial charge < -0.3 is 9.47 Å². The highest BCUT2D eigenvalue weighted by molar-refractivity contribution is 5.89. The zero-order valence-corrected chi connectivity index (χ0v) is 17.0. The fraction of sp³-hybridized carbons (Fsp3) is 0.115. The van der Waals surface area contributed by atoms with Crippen molar-refractivity contribution >= 4 is 11.5 Å². The summed E-state index contributed by atoms with van der Waals surface area (Å²) in [7, 11) is 1.66. The first kappa shape index (κ1) is 20.2. The lowest BCUT2D eigenvalue weighted by Crippen LogP contribution is -2.07. The van der Waals surface area contributed by atoms with E-state index in [1.54, 1.807) is 26.2 Å². The van der Waals surface area contributed by atoms with Gasteiger partial charge in [-0.3, -0.25) is 0 Å². The smallest absolute Gasteiger partial charge is 0.338 e. The molecule has 0 saturated carbocycles. The van der Waals surface area contributed by atoms with Crippen molar-refractivity contribution < 1.29 is 14.3 Å². The summed E-state index contributed by atoms with van der Waals surface area (Å²) in [6.45, 7) is 11.4. The molecule has 0 heterocycles. The van der Waals surface area contributed by atoms with Crippen molar-refractivity contribution in [1.29, 1.82) is 0 Å². The lowest BCUT2D eigenvalue weighted by atomic mass is 9.92. The Morgan fingerprint density at radius 1 is 0.759 bits per heavy atom. The van der Waals surface area contributed by atoms with Gasteiger partial charge in [-0.15, -0.1) is 0 Å². The summed E-state index contributed by atoms with van der Waals surface area (Å²) < 4.78 is 10.5. The molecule has 0 radical (unpaired) electrons.